The summed E-state index contributed by atoms with van der Waals surface area (Å²) in [5, 5.41) is 5.05. The minimum atomic E-state index is -0.426. The van der Waals surface area contributed by atoms with E-state index < -0.39 is 5.54 Å². The summed E-state index contributed by atoms with van der Waals surface area (Å²) in [4.78, 5) is 13.6. The first kappa shape index (κ1) is 20.5. The van der Waals surface area contributed by atoms with Gasteiger partial charge in [-0.25, -0.2) is 0 Å². The third-order valence-electron chi connectivity index (χ3n) is 4.15. The van der Waals surface area contributed by atoms with Gasteiger partial charge in [0, 0.05) is 17.0 Å². The van der Waals surface area contributed by atoms with Gasteiger partial charge in [-0.05, 0) is 42.5 Å². The predicted molar refractivity (Wildman–Crippen MR) is 102 cm³/mol. The molecule has 0 spiro atoms. The quantitative estimate of drug-likeness (QED) is 0.780. The smallest absolute Gasteiger partial charge is 0.251 e. The Labute approximate surface area is 153 Å². The summed E-state index contributed by atoms with van der Waals surface area (Å²) in [5.41, 5.74) is 5.98. The molecule has 0 radical (unpaired) electrons. The molecule has 24 heavy (non-hydrogen) atoms. The Kier molecular flexibility index (Phi) is 7.73. The van der Waals surface area contributed by atoms with E-state index in [0.717, 1.165) is 4.88 Å². The van der Waals surface area contributed by atoms with Crippen molar-refractivity contribution >= 4 is 29.7 Å². The first-order chi connectivity index (χ1) is 10.9. The third-order valence-corrected chi connectivity index (χ3v) is 5.00. The molecule has 3 N–H and O–H groups in total. The van der Waals surface area contributed by atoms with Crippen LogP contribution in [0.5, 0.6) is 5.75 Å². The SMILES string of the molecule is CC(C)C(C)(CN)NC(=O)c1cccc(OCc2cccs2)c1.Cl. The van der Waals surface area contributed by atoms with E-state index in [1.807, 2.05) is 50.4 Å². The van der Waals surface area contributed by atoms with Crippen LogP contribution < -0.4 is 15.8 Å². The molecule has 0 aliphatic carbocycles. The molecule has 1 atom stereocenters. The lowest BCUT2D eigenvalue weighted by Crippen LogP contribution is -2.55. The summed E-state index contributed by atoms with van der Waals surface area (Å²) in [7, 11) is 0. The summed E-state index contributed by atoms with van der Waals surface area (Å²) in [6.45, 7) is 6.97. The summed E-state index contributed by atoms with van der Waals surface area (Å²) < 4.78 is 5.75. The summed E-state index contributed by atoms with van der Waals surface area (Å²) in [6.07, 6.45) is 0. The van der Waals surface area contributed by atoms with Crippen molar-refractivity contribution in [1.82, 2.24) is 5.32 Å². The van der Waals surface area contributed by atoms with Gasteiger partial charge < -0.3 is 15.8 Å². The number of hydrogen-bond acceptors (Lipinski definition) is 4. The molecule has 1 heterocycles. The largest absolute Gasteiger partial charge is 0.488 e. The maximum absolute atomic E-state index is 12.5. The lowest BCUT2D eigenvalue weighted by Gasteiger charge is -2.33. The zero-order valence-electron chi connectivity index (χ0n) is 14.2. The molecule has 1 amide bonds. The minimum absolute atomic E-state index is 0. The molecule has 2 rings (SSSR count). The lowest BCUT2D eigenvalue weighted by molar-refractivity contribution is 0.0882. The number of ether oxygens (including phenoxy) is 1. The Hall–Kier alpha value is -1.56. The number of hydrogen-bond donors (Lipinski definition) is 2. The highest BCUT2D eigenvalue weighted by atomic mass is 35.5. The van der Waals surface area contributed by atoms with E-state index in [1.165, 1.54) is 0 Å². The van der Waals surface area contributed by atoms with Gasteiger partial charge in [0.1, 0.15) is 12.4 Å². The van der Waals surface area contributed by atoms with Crippen molar-refractivity contribution < 1.29 is 9.53 Å². The number of nitrogens with two attached hydrogens (primary N) is 1. The van der Waals surface area contributed by atoms with E-state index >= 15 is 0 Å². The van der Waals surface area contributed by atoms with Gasteiger partial charge in [-0.2, -0.15) is 0 Å². The molecule has 0 aliphatic heterocycles. The molecule has 132 valence electrons. The average molecular weight is 369 g/mol. The molecule has 6 heteroatoms. The molecule has 2 aromatic rings. The van der Waals surface area contributed by atoms with Crippen LogP contribution in [0.4, 0.5) is 0 Å². The van der Waals surface area contributed by atoms with Gasteiger partial charge in [0.25, 0.3) is 5.91 Å². The van der Waals surface area contributed by atoms with E-state index in [1.54, 1.807) is 23.5 Å². The van der Waals surface area contributed by atoms with Gasteiger partial charge in [-0.1, -0.05) is 26.0 Å². The van der Waals surface area contributed by atoms with E-state index in [9.17, 15) is 4.79 Å². The number of thiophene rings is 1. The van der Waals surface area contributed by atoms with Crippen LogP contribution in [0.15, 0.2) is 41.8 Å². The molecule has 1 unspecified atom stereocenters. The van der Waals surface area contributed by atoms with Crippen molar-refractivity contribution in [2.75, 3.05) is 6.54 Å². The van der Waals surface area contributed by atoms with Crippen LogP contribution in [0.1, 0.15) is 36.0 Å². The monoisotopic (exact) mass is 368 g/mol. The van der Waals surface area contributed by atoms with Gasteiger partial charge in [0.05, 0.1) is 5.54 Å². The molecular weight excluding hydrogens is 344 g/mol. The van der Waals surface area contributed by atoms with Crippen molar-refractivity contribution in [3.05, 3.63) is 52.2 Å². The number of benzene rings is 1. The molecule has 0 bridgehead atoms. The fraction of sp³-hybridized carbons (Fsp3) is 0.389. The average Bonchev–Trinajstić information content (AvgIpc) is 3.06. The molecule has 0 saturated heterocycles. The zero-order valence-corrected chi connectivity index (χ0v) is 15.9. The standard InChI is InChI=1S/C18H24N2O2S.ClH/c1-13(2)18(3,12-19)20-17(21)14-6-4-7-15(10-14)22-11-16-8-5-9-23-16;/h4-10,13H,11-12,19H2,1-3H3,(H,20,21);1H. The van der Waals surface area contributed by atoms with E-state index in [2.05, 4.69) is 5.32 Å². The van der Waals surface area contributed by atoms with E-state index in [0.29, 0.717) is 24.5 Å². The first-order valence-corrected chi connectivity index (χ1v) is 8.60. The van der Waals surface area contributed by atoms with Crippen molar-refractivity contribution in [3.8, 4) is 5.75 Å². The molecule has 0 fully saturated rings. The second kappa shape index (κ2) is 9.06. The van der Waals surface area contributed by atoms with Gasteiger partial charge >= 0.3 is 0 Å². The maximum Gasteiger partial charge on any atom is 0.251 e. The highest BCUT2D eigenvalue weighted by Gasteiger charge is 2.28. The van der Waals surface area contributed by atoms with Crippen LogP contribution in [-0.2, 0) is 6.61 Å². The summed E-state index contributed by atoms with van der Waals surface area (Å²) in [6, 6.07) is 11.2. The number of nitrogens with one attached hydrogen (secondary N) is 1. The fourth-order valence-electron chi connectivity index (χ4n) is 2.04. The Bertz CT molecular complexity index is 646. The molecule has 0 saturated carbocycles. The number of halogens is 1. The normalized spacial score (nSPS) is 13.0. The Morgan fingerprint density at radius 1 is 1.33 bits per heavy atom. The predicted octanol–water partition coefficient (Wildman–Crippen LogP) is 3.85. The highest BCUT2D eigenvalue weighted by molar-refractivity contribution is 7.09. The van der Waals surface area contributed by atoms with Crippen molar-refractivity contribution in [2.45, 2.75) is 32.9 Å². The molecule has 0 aliphatic rings. The Morgan fingerprint density at radius 3 is 2.67 bits per heavy atom. The third kappa shape index (κ3) is 5.23. The highest BCUT2D eigenvalue weighted by Crippen LogP contribution is 2.19. The fourth-order valence-corrected chi connectivity index (χ4v) is 2.65. The van der Waals surface area contributed by atoms with Crippen molar-refractivity contribution in [2.24, 2.45) is 11.7 Å². The van der Waals surface area contributed by atoms with Gasteiger partial charge in [0.2, 0.25) is 0 Å². The second-order valence-corrected chi connectivity index (χ2v) is 7.16. The molecule has 4 nitrogen and oxygen atoms in total. The Balaban J connectivity index is 0.00000288. The minimum Gasteiger partial charge on any atom is -0.488 e. The molecule has 1 aromatic carbocycles. The zero-order chi connectivity index (χ0) is 16.9. The topological polar surface area (TPSA) is 64.3 Å². The van der Waals surface area contributed by atoms with Crippen LogP contribution in [0, 0.1) is 5.92 Å². The number of rotatable bonds is 7. The second-order valence-electron chi connectivity index (χ2n) is 6.13. The van der Waals surface area contributed by atoms with Crippen LogP contribution in [0.3, 0.4) is 0 Å². The van der Waals surface area contributed by atoms with Gasteiger partial charge in [-0.15, -0.1) is 23.7 Å². The summed E-state index contributed by atoms with van der Waals surface area (Å²) in [5.74, 6) is 0.799. The van der Waals surface area contributed by atoms with Crippen LogP contribution in [0.2, 0.25) is 0 Å². The van der Waals surface area contributed by atoms with Crippen molar-refractivity contribution in [3.63, 3.8) is 0 Å². The maximum atomic E-state index is 12.5. The van der Waals surface area contributed by atoms with Gasteiger partial charge in [-0.3, -0.25) is 4.79 Å². The lowest BCUT2D eigenvalue weighted by atomic mass is 9.88. The van der Waals surface area contributed by atoms with E-state index in [4.69, 9.17) is 10.5 Å². The van der Waals surface area contributed by atoms with Crippen molar-refractivity contribution in [1.29, 1.82) is 0 Å². The number of carbonyl (C=O) groups is 1. The number of carbonyl (C=O) groups excluding carboxylic acids is 1. The molecule has 1 aromatic heterocycles. The van der Waals surface area contributed by atoms with Crippen LogP contribution >= 0.6 is 23.7 Å². The van der Waals surface area contributed by atoms with Crippen LogP contribution in [-0.4, -0.2) is 18.0 Å². The summed E-state index contributed by atoms with van der Waals surface area (Å²) >= 11 is 1.65. The number of amides is 1. The van der Waals surface area contributed by atoms with Crippen LogP contribution in [0.25, 0.3) is 0 Å². The first-order valence-electron chi connectivity index (χ1n) is 7.72. The Morgan fingerprint density at radius 2 is 2.08 bits per heavy atom. The molecular formula is C18H25ClN2O2S. The van der Waals surface area contributed by atoms with Gasteiger partial charge in [0.15, 0.2) is 0 Å². The van der Waals surface area contributed by atoms with E-state index in [-0.39, 0.29) is 24.2 Å².